The summed E-state index contributed by atoms with van der Waals surface area (Å²) in [7, 11) is 1.67. The van der Waals surface area contributed by atoms with Crippen molar-refractivity contribution < 1.29 is 19.0 Å². The van der Waals surface area contributed by atoms with Crippen LogP contribution in [0.15, 0.2) is 30.3 Å². The van der Waals surface area contributed by atoms with E-state index in [1.807, 2.05) is 18.2 Å². The molecule has 5 rings (SSSR count). The number of hydrogen-bond donors (Lipinski definition) is 0. The number of cyclic esters (lactones) is 1. The molecule has 0 radical (unpaired) electrons. The molecule has 3 aliphatic heterocycles. The second-order valence-corrected chi connectivity index (χ2v) is 8.61. The lowest BCUT2D eigenvalue weighted by Gasteiger charge is -2.37. The van der Waals surface area contributed by atoms with Gasteiger partial charge in [0.15, 0.2) is 0 Å². The molecule has 30 heavy (non-hydrogen) atoms. The predicted molar refractivity (Wildman–Crippen MR) is 114 cm³/mol. The van der Waals surface area contributed by atoms with Crippen molar-refractivity contribution in [2.75, 3.05) is 57.9 Å². The van der Waals surface area contributed by atoms with Crippen LogP contribution in [0.4, 0.5) is 5.82 Å². The average Bonchev–Trinajstić information content (AvgIpc) is 3.08. The van der Waals surface area contributed by atoms with Crippen molar-refractivity contribution in [1.82, 2.24) is 9.88 Å². The number of para-hydroxylation sites is 1. The van der Waals surface area contributed by atoms with Crippen LogP contribution in [0.3, 0.4) is 0 Å². The summed E-state index contributed by atoms with van der Waals surface area (Å²) in [6.45, 7) is 5.83. The lowest BCUT2D eigenvalue weighted by molar-refractivity contribution is -0.150. The molecule has 2 aromatic rings. The minimum absolute atomic E-state index is 0.00482. The molecule has 4 heterocycles. The summed E-state index contributed by atoms with van der Waals surface area (Å²) in [5, 5.41) is 1.07. The lowest BCUT2D eigenvalue weighted by Crippen LogP contribution is -2.43. The van der Waals surface area contributed by atoms with Crippen LogP contribution in [0, 0.1) is 5.41 Å². The van der Waals surface area contributed by atoms with Crippen LogP contribution in [-0.2, 0) is 14.3 Å². The van der Waals surface area contributed by atoms with Gasteiger partial charge >= 0.3 is 5.97 Å². The third kappa shape index (κ3) is 3.61. The zero-order valence-electron chi connectivity index (χ0n) is 17.5. The minimum atomic E-state index is -0.331. The number of fused-ring (bicyclic) bond motifs is 1. The Bertz CT molecular complexity index is 920. The van der Waals surface area contributed by atoms with Gasteiger partial charge in [-0.3, -0.25) is 9.69 Å². The van der Waals surface area contributed by atoms with Gasteiger partial charge in [-0.15, -0.1) is 0 Å². The van der Waals surface area contributed by atoms with Crippen molar-refractivity contribution in [2.45, 2.75) is 25.4 Å². The second kappa shape index (κ2) is 8.04. The van der Waals surface area contributed by atoms with Crippen molar-refractivity contribution in [3.63, 3.8) is 0 Å². The van der Waals surface area contributed by atoms with E-state index in [0.717, 1.165) is 87.7 Å². The van der Waals surface area contributed by atoms with Gasteiger partial charge in [0.25, 0.3) is 0 Å². The van der Waals surface area contributed by atoms with Gasteiger partial charge in [0, 0.05) is 44.5 Å². The quantitative estimate of drug-likeness (QED) is 0.716. The fourth-order valence-electron chi connectivity index (χ4n) is 5.03. The van der Waals surface area contributed by atoms with Crippen LogP contribution in [0.25, 0.3) is 10.9 Å². The number of ether oxygens (including phenoxy) is 3. The molecule has 1 spiro atoms. The number of rotatable bonds is 4. The number of aromatic nitrogens is 1. The summed E-state index contributed by atoms with van der Waals surface area (Å²) in [5.41, 5.74) is 0.547. The van der Waals surface area contributed by atoms with Crippen molar-refractivity contribution in [1.29, 1.82) is 0 Å². The first kappa shape index (κ1) is 19.6. The highest BCUT2D eigenvalue weighted by molar-refractivity contribution is 5.86. The van der Waals surface area contributed by atoms with E-state index in [-0.39, 0.29) is 17.5 Å². The Labute approximate surface area is 176 Å². The zero-order chi connectivity index (χ0) is 20.6. The van der Waals surface area contributed by atoms with Crippen molar-refractivity contribution in [2.24, 2.45) is 5.41 Å². The van der Waals surface area contributed by atoms with Crippen LogP contribution in [0.2, 0.25) is 0 Å². The van der Waals surface area contributed by atoms with E-state index >= 15 is 0 Å². The largest absolute Gasteiger partial charge is 0.494 e. The number of pyridine rings is 1. The van der Waals surface area contributed by atoms with Gasteiger partial charge in [0.05, 0.1) is 25.7 Å². The van der Waals surface area contributed by atoms with E-state index in [0.29, 0.717) is 0 Å². The molecule has 0 bridgehead atoms. The van der Waals surface area contributed by atoms with Crippen LogP contribution in [0.5, 0.6) is 5.75 Å². The van der Waals surface area contributed by atoms with E-state index < -0.39 is 0 Å². The molecule has 7 nitrogen and oxygen atoms in total. The fraction of sp³-hybridized carbons (Fsp3) is 0.565. The number of nitrogens with zero attached hydrogens (tertiary/aromatic N) is 3. The molecule has 1 atom stereocenters. The summed E-state index contributed by atoms with van der Waals surface area (Å²) in [5.74, 6) is 1.72. The summed E-state index contributed by atoms with van der Waals surface area (Å²) in [6.07, 6.45) is 2.47. The van der Waals surface area contributed by atoms with Gasteiger partial charge in [0.2, 0.25) is 0 Å². The first-order chi connectivity index (χ1) is 14.7. The van der Waals surface area contributed by atoms with Crippen molar-refractivity contribution >= 4 is 22.7 Å². The van der Waals surface area contributed by atoms with Crippen LogP contribution < -0.4 is 9.64 Å². The summed E-state index contributed by atoms with van der Waals surface area (Å²) in [4.78, 5) is 22.3. The summed E-state index contributed by atoms with van der Waals surface area (Å²) >= 11 is 0. The van der Waals surface area contributed by atoms with E-state index in [2.05, 4.69) is 21.9 Å². The molecule has 1 unspecified atom stereocenters. The van der Waals surface area contributed by atoms with Gasteiger partial charge in [0.1, 0.15) is 23.2 Å². The zero-order valence-corrected chi connectivity index (χ0v) is 17.5. The monoisotopic (exact) mass is 411 g/mol. The Balaban J connectivity index is 1.26. The van der Waals surface area contributed by atoms with Crippen LogP contribution in [0.1, 0.15) is 19.3 Å². The predicted octanol–water partition coefficient (Wildman–Crippen LogP) is 2.48. The van der Waals surface area contributed by atoms with Crippen molar-refractivity contribution in [3.8, 4) is 5.75 Å². The average molecular weight is 412 g/mol. The number of benzene rings is 1. The molecule has 1 aromatic heterocycles. The molecule has 1 aromatic carbocycles. The van der Waals surface area contributed by atoms with Gasteiger partial charge < -0.3 is 19.1 Å². The molecular formula is C23H29N3O4. The maximum absolute atomic E-state index is 12.8. The first-order valence-corrected chi connectivity index (χ1v) is 10.9. The molecule has 160 valence electrons. The van der Waals surface area contributed by atoms with E-state index in [1.54, 1.807) is 7.11 Å². The van der Waals surface area contributed by atoms with Crippen molar-refractivity contribution in [3.05, 3.63) is 30.3 Å². The second-order valence-electron chi connectivity index (χ2n) is 8.61. The highest BCUT2D eigenvalue weighted by Crippen LogP contribution is 2.44. The standard InChI is InChI=1S/C23H29N3O4/c1-28-19-4-2-3-17-5-6-20(24-21(17)19)26-9-7-23(8-10-26)15-18(30-22(23)27)16-25-11-13-29-14-12-25/h2-6,18H,7-16H2,1H3. The fourth-order valence-corrected chi connectivity index (χ4v) is 5.03. The first-order valence-electron chi connectivity index (χ1n) is 10.9. The minimum Gasteiger partial charge on any atom is -0.494 e. The Kier molecular flexibility index (Phi) is 5.25. The molecule has 3 fully saturated rings. The Hall–Kier alpha value is -2.38. The molecule has 0 amide bonds. The van der Waals surface area contributed by atoms with E-state index in [1.165, 1.54) is 0 Å². The van der Waals surface area contributed by atoms with Crippen LogP contribution in [-0.4, -0.2) is 75.0 Å². The summed E-state index contributed by atoms with van der Waals surface area (Å²) in [6, 6.07) is 10.1. The lowest BCUT2D eigenvalue weighted by atomic mass is 9.76. The Morgan fingerprint density at radius 2 is 1.93 bits per heavy atom. The number of hydrogen-bond acceptors (Lipinski definition) is 7. The van der Waals surface area contributed by atoms with Gasteiger partial charge in [-0.2, -0.15) is 0 Å². The number of piperidine rings is 1. The highest BCUT2D eigenvalue weighted by Gasteiger charge is 2.50. The molecule has 3 aliphatic rings. The van der Waals surface area contributed by atoms with Gasteiger partial charge in [-0.25, -0.2) is 4.98 Å². The number of carbonyl (C=O) groups excluding carboxylic acids is 1. The topological polar surface area (TPSA) is 64.1 Å². The number of morpholine rings is 1. The molecular weight excluding hydrogens is 382 g/mol. The molecule has 7 heteroatoms. The number of anilines is 1. The maximum atomic E-state index is 12.8. The van der Waals surface area contributed by atoms with Crippen LogP contribution >= 0.6 is 0 Å². The van der Waals surface area contributed by atoms with E-state index in [9.17, 15) is 4.79 Å². The Morgan fingerprint density at radius 3 is 2.70 bits per heavy atom. The normalized spacial score (nSPS) is 24.4. The number of methoxy groups -OCH3 is 1. The number of carbonyl (C=O) groups is 1. The molecule has 3 saturated heterocycles. The molecule has 0 N–H and O–H groups in total. The third-order valence-corrected chi connectivity index (χ3v) is 6.82. The molecule has 0 aliphatic carbocycles. The Morgan fingerprint density at radius 1 is 1.13 bits per heavy atom. The SMILES string of the molecule is COc1cccc2ccc(N3CCC4(CC3)CC(CN3CCOCC3)OC4=O)nc12. The number of esters is 1. The molecule has 0 saturated carbocycles. The third-order valence-electron chi connectivity index (χ3n) is 6.82. The van der Waals surface area contributed by atoms with Gasteiger partial charge in [-0.1, -0.05) is 12.1 Å². The highest BCUT2D eigenvalue weighted by atomic mass is 16.6. The smallest absolute Gasteiger partial charge is 0.312 e. The summed E-state index contributed by atoms with van der Waals surface area (Å²) < 4.78 is 16.7. The van der Waals surface area contributed by atoms with Gasteiger partial charge in [-0.05, 0) is 31.0 Å². The maximum Gasteiger partial charge on any atom is 0.312 e. The van der Waals surface area contributed by atoms with E-state index in [4.69, 9.17) is 19.2 Å².